The third-order valence-electron chi connectivity index (χ3n) is 40.0. The summed E-state index contributed by atoms with van der Waals surface area (Å²) < 4.78 is 0. The molecule has 0 amide bonds. The van der Waals surface area contributed by atoms with Crippen LogP contribution in [0.4, 0.5) is 0 Å². The van der Waals surface area contributed by atoms with Gasteiger partial charge in [0.2, 0.25) is 0 Å². The summed E-state index contributed by atoms with van der Waals surface area (Å²) in [5.41, 5.74) is 71.7. The molecule has 0 aliphatic rings. The fraction of sp³-hybridized carbons (Fsp3) is 0.331. The van der Waals surface area contributed by atoms with E-state index < -0.39 is 0 Å². The first-order chi connectivity index (χ1) is 65.0. The zero-order valence-electron chi connectivity index (χ0n) is 90.8. The average molecular weight is 1800 g/mol. The van der Waals surface area contributed by atoms with Gasteiger partial charge in [-0.3, -0.25) is 0 Å². The highest BCUT2D eigenvalue weighted by atomic mass is 14.8. The van der Waals surface area contributed by atoms with E-state index in [1.807, 2.05) is 0 Å². The van der Waals surface area contributed by atoms with Crippen molar-refractivity contribution >= 4 is 238 Å². The minimum atomic E-state index is 1.06. The fourth-order valence-electron chi connectivity index (χ4n) is 29.2. The number of benzene rings is 16. The van der Waals surface area contributed by atoms with E-state index in [0.717, 1.165) is 44.1 Å². The second-order valence-electron chi connectivity index (χ2n) is 44.5. The van der Waals surface area contributed by atoms with E-state index in [0.29, 0.717) is 0 Å². The van der Waals surface area contributed by atoms with Crippen LogP contribution in [0.15, 0.2) is 6.07 Å². The van der Waals surface area contributed by atoms with Crippen LogP contribution in [0.5, 0.6) is 0 Å². The van der Waals surface area contributed by atoms with Crippen LogP contribution >= 0.6 is 0 Å². The number of nitrogens with zero attached hydrogens (tertiary/aromatic N) is 5. The summed E-state index contributed by atoms with van der Waals surface area (Å²) >= 11 is 0. The molecule has 5 heteroatoms. The summed E-state index contributed by atoms with van der Waals surface area (Å²) in [5.74, 6) is 0. The Bertz CT molecular complexity index is 9520. The van der Waals surface area contributed by atoms with E-state index in [2.05, 4.69) is 311 Å². The van der Waals surface area contributed by atoms with Crippen LogP contribution in [0.2, 0.25) is 0 Å². The lowest BCUT2D eigenvalue weighted by molar-refractivity contribution is 1.25. The van der Waals surface area contributed by atoms with E-state index in [-0.39, 0.29) is 0 Å². The van der Waals surface area contributed by atoms with Gasteiger partial charge in [-0.05, 0) is 642 Å². The standard InChI is InChI=1S/2C48H48N2.C37H37N/c1-17-19(3)27(11)37-33(23(17)7)31(15)35-25(9)21(5)29(13)39-41(35)43(37)47-45(39)50-48-44-38-28(12)20(4)18(2)24(8)34(38)32(16)36-26(10)22(6)30(14)40(42(36)44)46(48)49-47;1-17-19(3)27(11)37-33(23(17)7)31(15)35-25(9)21(5)29(13)39-41(35)43(37)47-45(39)49-46-40-30(14)22(6)26(10)36-32(16)34-24(8)18(2)20(4)28(12)38(34)44(42(36)40)48(46)50-47;1-14-18(5)28-20(7)16(3)24(11)32-34(28)30(22(14)9)26-13-27-31-23(10)15(2)19(6)29-21(8)17(4)25(12)33(35(29)31)37(27)38-36(26)32/h2*1-16H3;13H,1-12H3. The largest absolute Gasteiger partial charge is 0.246 e. The Balaban J connectivity index is 0.000000117. The molecule has 25 rings (SSSR count). The number of hydrogen-bond donors (Lipinski definition) is 0. The van der Waals surface area contributed by atoms with Gasteiger partial charge in [-0.2, -0.15) is 0 Å². The van der Waals surface area contributed by atoms with Crippen molar-refractivity contribution in [3.8, 4) is 0 Å². The van der Waals surface area contributed by atoms with Crippen LogP contribution in [-0.2, 0) is 0 Å². The lowest BCUT2D eigenvalue weighted by Crippen LogP contribution is -1.99. The van der Waals surface area contributed by atoms with Crippen LogP contribution in [0.25, 0.3) is 238 Å². The normalized spacial score (nSPS) is 12.8. The molecule has 138 heavy (non-hydrogen) atoms. The average Bonchev–Trinajstić information content (AvgIpc) is 1.51. The Morgan fingerprint density at radius 2 is 0.181 bits per heavy atom. The van der Waals surface area contributed by atoms with Crippen LogP contribution in [0.1, 0.15) is 245 Å². The third-order valence-corrected chi connectivity index (χ3v) is 40.0. The predicted molar refractivity (Wildman–Crippen MR) is 609 cm³/mol. The van der Waals surface area contributed by atoms with Crippen molar-refractivity contribution in [1.82, 2.24) is 24.9 Å². The minimum Gasteiger partial charge on any atom is -0.246 e. The van der Waals surface area contributed by atoms with E-state index in [1.165, 1.54) is 439 Å². The van der Waals surface area contributed by atoms with Crippen molar-refractivity contribution in [1.29, 1.82) is 0 Å². The van der Waals surface area contributed by atoms with Gasteiger partial charge in [-0.15, -0.1) is 0 Å². The summed E-state index contributed by atoms with van der Waals surface area (Å²) in [4.78, 5) is 29.3. The van der Waals surface area contributed by atoms with E-state index in [9.17, 15) is 0 Å². The molecule has 0 fully saturated rings. The Labute approximate surface area is 813 Å². The molecular formula is C133H133N5. The zero-order valence-corrected chi connectivity index (χ0v) is 90.8. The number of aromatic nitrogens is 5. The van der Waals surface area contributed by atoms with Crippen molar-refractivity contribution < 1.29 is 0 Å². The predicted octanol–water partition coefficient (Wildman–Crippen LogP) is 37.6. The topological polar surface area (TPSA) is 64.5 Å². The van der Waals surface area contributed by atoms with Gasteiger partial charge in [-0.25, -0.2) is 24.9 Å². The van der Waals surface area contributed by atoms with Crippen LogP contribution in [0, 0.1) is 305 Å². The molecule has 25 aromatic rings. The van der Waals surface area contributed by atoms with E-state index >= 15 is 0 Å². The molecule has 0 saturated heterocycles. The molecule has 0 N–H and O–H groups in total. The number of hydrogen-bond acceptors (Lipinski definition) is 5. The molecule has 0 saturated carbocycles. The summed E-state index contributed by atoms with van der Waals surface area (Å²) in [6.07, 6.45) is 0. The van der Waals surface area contributed by atoms with Crippen LogP contribution < -0.4 is 0 Å². The van der Waals surface area contributed by atoms with Crippen LogP contribution in [0.3, 0.4) is 0 Å². The molecule has 3 aromatic heterocycles. The highest BCUT2D eigenvalue weighted by Crippen LogP contribution is 2.60. The Hall–Kier alpha value is -12.6. The molecule has 0 atom stereocenters. The fourth-order valence-corrected chi connectivity index (χ4v) is 29.2. The number of rotatable bonds is 0. The maximum absolute atomic E-state index is 5.96. The first kappa shape index (κ1) is 89.3. The van der Waals surface area contributed by atoms with Crippen molar-refractivity contribution in [3.63, 3.8) is 0 Å². The Kier molecular flexibility index (Phi) is 18.5. The third kappa shape index (κ3) is 10.1. The summed E-state index contributed by atoms with van der Waals surface area (Å²) in [7, 11) is 0. The maximum Gasteiger partial charge on any atom is 0.0986 e. The molecule has 0 spiro atoms. The number of aryl methyl sites for hydroxylation is 28. The van der Waals surface area contributed by atoms with Crippen molar-refractivity contribution in [3.05, 3.63) is 251 Å². The first-order valence-corrected chi connectivity index (χ1v) is 50.8. The second-order valence-corrected chi connectivity index (χ2v) is 44.5. The SMILES string of the molecule is Cc1c(C)c(C)c2c(c1C)c(C)c1c(C)c(C)c(C)c3c4nc5c(nc4c2c13)c1c(C)c(C)c(C)c2c(C)c3c(C)c(C)c(C)c(C)c3c5c21.Cc1c(C)c(C)c2c(c1C)c(C)c1c(C)c(C)c(C)c3c4nc5c(nc4c2c13)c1c2c(C)c(C)c(C)c(C)c2c(C)c2c(C)c(C)c(C)c5c21.Cc1c(C)c2c(C)c(C)c(C)c3c4nc5c(cc4c(c1C)c23)c1c(C)c(C)c(C)c2c(C)c(C)c(C)c5c21. The van der Waals surface area contributed by atoms with E-state index in [1.54, 1.807) is 0 Å². The number of pyridine rings is 1. The lowest BCUT2D eigenvalue weighted by atomic mass is 9.83. The lowest BCUT2D eigenvalue weighted by Gasteiger charge is -2.21. The smallest absolute Gasteiger partial charge is 0.0986 e. The van der Waals surface area contributed by atoms with Gasteiger partial charge >= 0.3 is 0 Å². The van der Waals surface area contributed by atoms with Crippen LogP contribution in [-0.4, -0.2) is 24.9 Å². The van der Waals surface area contributed by atoms with Crippen molar-refractivity contribution in [2.24, 2.45) is 0 Å². The van der Waals surface area contributed by atoms with Gasteiger partial charge in [0, 0.05) is 97.0 Å². The maximum atomic E-state index is 5.96. The molecule has 22 aromatic carbocycles. The molecular weight excluding hydrogens is 1670 g/mol. The van der Waals surface area contributed by atoms with Gasteiger partial charge in [0.15, 0.2) is 0 Å². The molecule has 0 bridgehead atoms. The zero-order chi connectivity index (χ0) is 99.0. The molecule has 0 radical (unpaired) electrons. The molecule has 690 valence electrons. The highest BCUT2D eigenvalue weighted by molar-refractivity contribution is 6.46. The minimum absolute atomic E-state index is 1.06. The Morgan fingerprint density at radius 1 is 0.0797 bits per heavy atom. The molecule has 3 heterocycles. The summed E-state index contributed by atoms with van der Waals surface area (Å²) in [6.45, 7) is 102. The van der Waals surface area contributed by atoms with Crippen molar-refractivity contribution in [2.75, 3.05) is 0 Å². The summed E-state index contributed by atoms with van der Waals surface area (Å²) in [6, 6.07) is 2.51. The van der Waals surface area contributed by atoms with Gasteiger partial charge in [0.1, 0.15) is 0 Å². The molecule has 0 aliphatic carbocycles. The van der Waals surface area contributed by atoms with Gasteiger partial charge in [-0.1, -0.05) is 0 Å². The first-order valence-electron chi connectivity index (χ1n) is 50.8. The Morgan fingerprint density at radius 3 is 0.355 bits per heavy atom. The van der Waals surface area contributed by atoms with E-state index in [4.69, 9.17) is 24.9 Å². The quantitative estimate of drug-likeness (QED) is 0.142. The molecule has 0 unspecified atom stereocenters. The molecule has 0 aliphatic heterocycles. The van der Waals surface area contributed by atoms with Gasteiger partial charge in [0.25, 0.3) is 0 Å². The summed E-state index contributed by atoms with van der Waals surface area (Å²) in [5, 5.41) is 46.3. The van der Waals surface area contributed by atoms with Gasteiger partial charge in [0.05, 0.1) is 55.2 Å². The second kappa shape index (κ2) is 28.6. The van der Waals surface area contributed by atoms with Crippen molar-refractivity contribution in [2.45, 2.75) is 305 Å². The number of fused-ring (bicyclic) bond motifs is 26. The van der Waals surface area contributed by atoms with Gasteiger partial charge < -0.3 is 0 Å². The highest BCUT2D eigenvalue weighted by Gasteiger charge is 2.37. The molecule has 5 nitrogen and oxygen atoms in total. The monoisotopic (exact) mass is 1800 g/mol.